The van der Waals surface area contributed by atoms with E-state index in [0.717, 1.165) is 5.56 Å². The summed E-state index contributed by atoms with van der Waals surface area (Å²) < 4.78 is 13.8. The summed E-state index contributed by atoms with van der Waals surface area (Å²) in [7, 11) is 0. The number of carboxylic acids is 1. The lowest BCUT2D eigenvalue weighted by atomic mass is 9.95. The third-order valence-corrected chi connectivity index (χ3v) is 3.54. The number of hydrogen-bond acceptors (Lipinski definition) is 2. The molecule has 0 amide bonds. The maximum Gasteiger partial charge on any atom is 0.307 e. The molecule has 1 aromatic carbocycles. The molecule has 0 spiro atoms. The van der Waals surface area contributed by atoms with Crippen molar-refractivity contribution in [2.24, 2.45) is 5.92 Å². The number of halogens is 1. The lowest BCUT2D eigenvalue weighted by Crippen LogP contribution is -2.17. The summed E-state index contributed by atoms with van der Waals surface area (Å²) in [6.45, 7) is 4.52. The molecule has 4 heteroatoms. The average molecular weight is 251 g/mol. The SMILES string of the molecule is CC(C)c1ccc(F)c(C2CC(C(=O)O)CN2)c1. The molecule has 0 aromatic heterocycles. The van der Waals surface area contributed by atoms with Crippen LogP contribution in [0, 0.1) is 11.7 Å². The zero-order chi connectivity index (χ0) is 13.3. The van der Waals surface area contributed by atoms with Gasteiger partial charge in [0, 0.05) is 18.2 Å². The van der Waals surface area contributed by atoms with Gasteiger partial charge < -0.3 is 10.4 Å². The van der Waals surface area contributed by atoms with Crippen LogP contribution >= 0.6 is 0 Å². The molecule has 2 unspecified atom stereocenters. The van der Waals surface area contributed by atoms with E-state index in [-0.39, 0.29) is 11.9 Å². The summed E-state index contributed by atoms with van der Waals surface area (Å²) in [6.07, 6.45) is 0.452. The van der Waals surface area contributed by atoms with E-state index in [1.165, 1.54) is 6.07 Å². The van der Waals surface area contributed by atoms with Crippen molar-refractivity contribution >= 4 is 5.97 Å². The largest absolute Gasteiger partial charge is 0.481 e. The van der Waals surface area contributed by atoms with Crippen molar-refractivity contribution in [1.29, 1.82) is 0 Å². The molecule has 0 aliphatic carbocycles. The summed E-state index contributed by atoms with van der Waals surface area (Å²) >= 11 is 0. The van der Waals surface area contributed by atoms with E-state index >= 15 is 0 Å². The first kappa shape index (κ1) is 13.0. The number of rotatable bonds is 3. The van der Waals surface area contributed by atoms with Gasteiger partial charge in [-0.3, -0.25) is 4.79 Å². The number of nitrogens with one attached hydrogen (secondary N) is 1. The molecule has 1 aliphatic rings. The molecule has 0 radical (unpaired) electrons. The van der Waals surface area contributed by atoms with Gasteiger partial charge in [-0.05, 0) is 24.0 Å². The van der Waals surface area contributed by atoms with Crippen molar-refractivity contribution in [3.05, 3.63) is 35.1 Å². The minimum absolute atomic E-state index is 0.190. The highest BCUT2D eigenvalue weighted by Crippen LogP contribution is 2.30. The predicted molar refractivity (Wildman–Crippen MR) is 67.0 cm³/mol. The summed E-state index contributed by atoms with van der Waals surface area (Å²) in [4.78, 5) is 10.9. The maximum atomic E-state index is 13.8. The van der Waals surface area contributed by atoms with Crippen LogP contribution in [0.4, 0.5) is 4.39 Å². The van der Waals surface area contributed by atoms with Gasteiger partial charge in [-0.1, -0.05) is 26.0 Å². The normalized spacial score (nSPS) is 23.6. The van der Waals surface area contributed by atoms with Gasteiger partial charge in [0.1, 0.15) is 5.82 Å². The molecule has 1 heterocycles. The second kappa shape index (κ2) is 5.06. The van der Waals surface area contributed by atoms with Gasteiger partial charge >= 0.3 is 5.97 Å². The minimum Gasteiger partial charge on any atom is -0.481 e. The van der Waals surface area contributed by atoms with Gasteiger partial charge in [0.05, 0.1) is 5.92 Å². The Balaban J connectivity index is 2.23. The fourth-order valence-corrected chi connectivity index (χ4v) is 2.35. The Bertz CT molecular complexity index is 459. The van der Waals surface area contributed by atoms with Crippen LogP contribution in [-0.4, -0.2) is 17.6 Å². The second-order valence-corrected chi connectivity index (χ2v) is 5.17. The highest BCUT2D eigenvalue weighted by atomic mass is 19.1. The van der Waals surface area contributed by atoms with E-state index in [0.29, 0.717) is 24.4 Å². The Kier molecular flexibility index (Phi) is 3.66. The Hall–Kier alpha value is -1.42. The first-order chi connectivity index (χ1) is 8.49. The molecule has 2 N–H and O–H groups in total. The first-order valence-corrected chi connectivity index (χ1v) is 6.24. The number of carbonyl (C=O) groups is 1. The van der Waals surface area contributed by atoms with Crippen LogP contribution in [0.25, 0.3) is 0 Å². The molecule has 0 saturated carbocycles. The van der Waals surface area contributed by atoms with E-state index in [1.54, 1.807) is 6.07 Å². The Morgan fingerprint density at radius 1 is 1.50 bits per heavy atom. The van der Waals surface area contributed by atoms with Crippen LogP contribution in [0.15, 0.2) is 18.2 Å². The van der Waals surface area contributed by atoms with Crippen molar-refractivity contribution in [1.82, 2.24) is 5.32 Å². The molecular weight excluding hydrogens is 233 g/mol. The summed E-state index contributed by atoms with van der Waals surface area (Å²) in [6, 6.07) is 4.92. The van der Waals surface area contributed by atoms with Crippen LogP contribution in [0.1, 0.15) is 43.4 Å². The monoisotopic (exact) mass is 251 g/mol. The van der Waals surface area contributed by atoms with E-state index in [4.69, 9.17) is 5.11 Å². The van der Waals surface area contributed by atoms with Crippen LogP contribution in [-0.2, 0) is 4.79 Å². The first-order valence-electron chi connectivity index (χ1n) is 6.24. The second-order valence-electron chi connectivity index (χ2n) is 5.17. The minimum atomic E-state index is -0.814. The molecule has 2 rings (SSSR count). The quantitative estimate of drug-likeness (QED) is 0.868. The lowest BCUT2D eigenvalue weighted by molar-refractivity contribution is -0.141. The number of aliphatic carboxylic acids is 1. The molecule has 1 fully saturated rings. The van der Waals surface area contributed by atoms with E-state index < -0.39 is 11.9 Å². The molecule has 3 nitrogen and oxygen atoms in total. The van der Waals surface area contributed by atoms with Crippen molar-refractivity contribution < 1.29 is 14.3 Å². The Labute approximate surface area is 106 Å². The number of carboxylic acid groups (broad SMARTS) is 1. The topological polar surface area (TPSA) is 49.3 Å². The molecule has 1 aliphatic heterocycles. The molecule has 1 saturated heterocycles. The van der Waals surface area contributed by atoms with Gasteiger partial charge in [-0.25, -0.2) is 4.39 Å². The zero-order valence-corrected chi connectivity index (χ0v) is 10.6. The van der Waals surface area contributed by atoms with Gasteiger partial charge in [0.2, 0.25) is 0 Å². The van der Waals surface area contributed by atoms with E-state index in [9.17, 15) is 9.18 Å². The zero-order valence-electron chi connectivity index (χ0n) is 10.6. The summed E-state index contributed by atoms with van der Waals surface area (Å²) in [5, 5.41) is 12.0. The predicted octanol–water partition coefficient (Wildman–Crippen LogP) is 2.68. The smallest absolute Gasteiger partial charge is 0.307 e. The Morgan fingerprint density at radius 3 is 2.78 bits per heavy atom. The maximum absolute atomic E-state index is 13.8. The van der Waals surface area contributed by atoms with E-state index in [2.05, 4.69) is 19.2 Å². The van der Waals surface area contributed by atoms with Crippen LogP contribution in [0.3, 0.4) is 0 Å². The van der Waals surface area contributed by atoms with Crippen molar-refractivity contribution in [2.45, 2.75) is 32.2 Å². The van der Waals surface area contributed by atoms with Crippen LogP contribution in [0.5, 0.6) is 0 Å². The highest BCUT2D eigenvalue weighted by molar-refractivity contribution is 5.70. The summed E-state index contributed by atoms with van der Waals surface area (Å²) in [5.74, 6) is -1.16. The van der Waals surface area contributed by atoms with Gasteiger partial charge in [-0.15, -0.1) is 0 Å². The van der Waals surface area contributed by atoms with Gasteiger partial charge in [-0.2, -0.15) is 0 Å². The average Bonchev–Trinajstić information content (AvgIpc) is 2.78. The Morgan fingerprint density at radius 2 is 2.22 bits per heavy atom. The molecule has 0 bridgehead atoms. The summed E-state index contributed by atoms with van der Waals surface area (Å²) in [5.41, 5.74) is 1.66. The van der Waals surface area contributed by atoms with Crippen LogP contribution < -0.4 is 5.32 Å². The molecule has 2 atom stereocenters. The number of hydrogen-bond donors (Lipinski definition) is 2. The third-order valence-electron chi connectivity index (χ3n) is 3.54. The molecule has 18 heavy (non-hydrogen) atoms. The molecular formula is C14H18FNO2. The highest BCUT2D eigenvalue weighted by Gasteiger charge is 2.31. The lowest BCUT2D eigenvalue weighted by Gasteiger charge is -2.15. The van der Waals surface area contributed by atoms with Gasteiger partial charge in [0.15, 0.2) is 0 Å². The van der Waals surface area contributed by atoms with E-state index in [1.807, 2.05) is 6.07 Å². The fraction of sp³-hybridized carbons (Fsp3) is 0.500. The van der Waals surface area contributed by atoms with Crippen molar-refractivity contribution in [2.75, 3.05) is 6.54 Å². The van der Waals surface area contributed by atoms with Crippen LogP contribution in [0.2, 0.25) is 0 Å². The standard InChI is InChI=1S/C14H18FNO2/c1-8(2)9-3-4-12(15)11(5-9)13-6-10(7-16-13)14(17)18/h3-5,8,10,13,16H,6-7H2,1-2H3,(H,17,18). The van der Waals surface area contributed by atoms with Crippen molar-refractivity contribution in [3.8, 4) is 0 Å². The number of benzene rings is 1. The van der Waals surface area contributed by atoms with Gasteiger partial charge in [0.25, 0.3) is 0 Å². The third kappa shape index (κ3) is 2.53. The fourth-order valence-electron chi connectivity index (χ4n) is 2.35. The molecule has 1 aromatic rings. The van der Waals surface area contributed by atoms with Crippen molar-refractivity contribution in [3.63, 3.8) is 0 Å². The molecule has 98 valence electrons.